The smallest absolute Gasteiger partial charge is 0.154 e. The van der Waals surface area contributed by atoms with E-state index in [1.165, 1.54) is 0 Å². The number of ether oxygens (including phenoxy) is 1. The molecule has 1 N–H and O–H groups in total. The van der Waals surface area contributed by atoms with Crippen LogP contribution in [-0.2, 0) is 14.6 Å². The van der Waals surface area contributed by atoms with E-state index in [2.05, 4.69) is 10.2 Å². The van der Waals surface area contributed by atoms with Crippen molar-refractivity contribution >= 4 is 9.84 Å². The predicted octanol–water partition coefficient (Wildman–Crippen LogP) is -0.269. The maximum atomic E-state index is 11.8. The molecule has 0 bridgehead atoms. The van der Waals surface area contributed by atoms with Crippen molar-refractivity contribution in [1.82, 2.24) is 10.2 Å². The first-order valence-corrected chi connectivity index (χ1v) is 7.99. The fraction of sp³-hybridized carbons (Fsp3) is 1.00. The second-order valence-corrected chi connectivity index (χ2v) is 7.03. The number of hydrogen-bond donors (Lipinski definition) is 1. The highest BCUT2D eigenvalue weighted by Gasteiger charge is 2.22. The Labute approximate surface area is 104 Å². The lowest BCUT2D eigenvalue weighted by atomic mass is 10.3. The number of hydrogen-bond acceptors (Lipinski definition) is 5. The number of nitrogens with one attached hydrogen (secondary N) is 1. The van der Waals surface area contributed by atoms with Crippen molar-refractivity contribution in [3.63, 3.8) is 0 Å². The lowest BCUT2D eigenvalue weighted by molar-refractivity contribution is 0.127. The second kappa shape index (κ2) is 7.31. The van der Waals surface area contributed by atoms with Gasteiger partial charge in [0.25, 0.3) is 0 Å². The molecule has 1 rings (SSSR count). The highest BCUT2D eigenvalue weighted by atomic mass is 32.2. The molecule has 0 radical (unpaired) electrons. The third-order valence-electron chi connectivity index (χ3n) is 2.79. The van der Waals surface area contributed by atoms with Crippen LogP contribution in [0, 0.1) is 0 Å². The molecule has 5 nitrogen and oxygen atoms in total. The van der Waals surface area contributed by atoms with Gasteiger partial charge < -0.3 is 15.0 Å². The van der Waals surface area contributed by atoms with E-state index in [9.17, 15) is 8.42 Å². The summed E-state index contributed by atoms with van der Waals surface area (Å²) >= 11 is 0. The van der Waals surface area contributed by atoms with Crippen LogP contribution in [0.2, 0.25) is 0 Å². The quantitative estimate of drug-likeness (QED) is 0.612. The fourth-order valence-electron chi connectivity index (χ4n) is 1.80. The number of nitrogens with zero attached hydrogens (tertiary/aromatic N) is 1. The summed E-state index contributed by atoms with van der Waals surface area (Å²) in [4.78, 5) is 2.06. The van der Waals surface area contributed by atoms with Crippen molar-refractivity contribution < 1.29 is 13.2 Å². The van der Waals surface area contributed by atoms with Crippen LogP contribution >= 0.6 is 0 Å². The topological polar surface area (TPSA) is 58.6 Å². The molecular formula is C11H24N2O3S. The SMILES string of the molecule is CN(C)CCNCCS(=O)(=O)CC1CCCO1. The molecule has 1 saturated heterocycles. The molecule has 1 heterocycles. The molecule has 102 valence electrons. The minimum absolute atomic E-state index is 0.0678. The van der Waals surface area contributed by atoms with E-state index in [4.69, 9.17) is 4.74 Å². The lowest BCUT2D eigenvalue weighted by Crippen LogP contribution is -2.32. The van der Waals surface area contributed by atoms with Gasteiger partial charge in [-0.2, -0.15) is 0 Å². The molecule has 0 spiro atoms. The maximum Gasteiger partial charge on any atom is 0.154 e. The Morgan fingerprint density at radius 2 is 2.12 bits per heavy atom. The van der Waals surface area contributed by atoms with E-state index in [-0.39, 0.29) is 17.6 Å². The standard InChI is InChI=1S/C11H24N2O3S/c1-13(2)7-5-12-6-9-17(14,15)10-11-4-3-8-16-11/h11-12H,3-10H2,1-2H3. The van der Waals surface area contributed by atoms with Gasteiger partial charge in [0, 0.05) is 26.2 Å². The number of likely N-dealkylation sites (N-methyl/N-ethyl adjacent to an activating group) is 1. The van der Waals surface area contributed by atoms with Crippen LogP contribution in [0.3, 0.4) is 0 Å². The van der Waals surface area contributed by atoms with Crippen LogP contribution in [0.5, 0.6) is 0 Å². The Morgan fingerprint density at radius 1 is 1.35 bits per heavy atom. The number of sulfone groups is 1. The Hall–Kier alpha value is -0.170. The molecule has 0 aromatic carbocycles. The van der Waals surface area contributed by atoms with Crippen LogP contribution in [0.4, 0.5) is 0 Å². The van der Waals surface area contributed by atoms with Crippen molar-refractivity contribution in [3.8, 4) is 0 Å². The Bertz CT molecular complexity index is 298. The van der Waals surface area contributed by atoms with Crippen LogP contribution < -0.4 is 5.32 Å². The third kappa shape index (κ3) is 6.98. The van der Waals surface area contributed by atoms with Crippen LogP contribution in [0.25, 0.3) is 0 Å². The van der Waals surface area contributed by atoms with Crippen molar-refractivity contribution in [1.29, 1.82) is 0 Å². The van der Waals surface area contributed by atoms with Gasteiger partial charge >= 0.3 is 0 Å². The molecule has 1 unspecified atom stereocenters. The van der Waals surface area contributed by atoms with Gasteiger partial charge in [-0.05, 0) is 26.9 Å². The normalized spacial score (nSPS) is 21.2. The van der Waals surface area contributed by atoms with Crippen molar-refractivity contribution in [2.75, 3.05) is 51.8 Å². The first-order valence-electron chi connectivity index (χ1n) is 6.17. The third-order valence-corrected chi connectivity index (χ3v) is 4.50. The van der Waals surface area contributed by atoms with E-state index in [0.717, 1.165) is 25.9 Å². The van der Waals surface area contributed by atoms with Gasteiger partial charge in [0.05, 0.1) is 17.6 Å². The average Bonchev–Trinajstić information content (AvgIpc) is 2.68. The molecule has 17 heavy (non-hydrogen) atoms. The molecule has 1 aliphatic heterocycles. The fourth-order valence-corrected chi connectivity index (χ4v) is 3.25. The molecule has 6 heteroatoms. The molecule has 0 saturated carbocycles. The first kappa shape index (κ1) is 14.9. The van der Waals surface area contributed by atoms with Gasteiger partial charge in [0.2, 0.25) is 0 Å². The van der Waals surface area contributed by atoms with Gasteiger partial charge in [0.15, 0.2) is 9.84 Å². The summed E-state index contributed by atoms with van der Waals surface area (Å²) in [7, 11) is 1.02. The predicted molar refractivity (Wildman–Crippen MR) is 69.1 cm³/mol. The van der Waals surface area contributed by atoms with Crippen molar-refractivity contribution in [2.24, 2.45) is 0 Å². The highest BCUT2D eigenvalue weighted by molar-refractivity contribution is 7.91. The summed E-state index contributed by atoms with van der Waals surface area (Å²) in [5, 5.41) is 3.14. The molecule has 1 atom stereocenters. The van der Waals surface area contributed by atoms with Gasteiger partial charge in [-0.15, -0.1) is 0 Å². The molecule has 1 aliphatic rings. The monoisotopic (exact) mass is 264 g/mol. The van der Waals surface area contributed by atoms with Crippen LogP contribution in [0.1, 0.15) is 12.8 Å². The van der Waals surface area contributed by atoms with Crippen LogP contribution in [-0.4, -0.2) is 71.3 Å². The summed E-state index contributed by atoms with van der Waals surface area (Å²) in [6, 6.07) is 0. The van der Waals surface area contributed by atoms with E-state index in [1.54, 1.807) is 0 Å². The summed E-state index contributed by atoms with van der Waals surface area (Å²) in [6.07, 6.45) is 1.80. The molecule has 0 aromatic heterocycles. The zero-order chi connectivity index (χ0) is 12.7. The van der Waals surface area contributed by atoms with Gasteiger partial charge in [0.1, 0.15) is 0 Å². The minimum Gasteiger partial charge on any atom is -0.377 e. The van der Waals surface area contributed by atoms with Crippen LogP contribution in [0.15, 0.2) is 0 Å². The largest absolute Gasteiger partial charge is 0.377 e. The molecular weight excluding hydrogens is 240 g/mol. The highest BCUT2D eigenvalue weighted by Crippen LogP contribution is 2.13. The lowest BCUT2D eigenvalue weighted by Gasteiger charge is -2.12. The Balaban J connectivity index is 2.11. The van der Waals surface area contributed by atoms with E-state index < -0.39 is 9.84 Å². The maximum absolute atomic E-state index is 11.8. The summed E-state index contributed by atoms with van der Waals surface area (Å²) < 4.78 is 28.8. The summed E-state index contributed by atoms with van der Waals surface area (Å²) in [5.41, 5.74) is 0. The molecule has 0 aromatic rings. The summed E-state index contributed by atoms with van der Waals surface area (Å²) in [6.45, 7) is 2.98. The second-order valence-electron chi connectivity index (χ2n) is 4.80. The summed E-state index contributed by atoms with van der Waals surface area (Å²) in [5.74, 6) is 0.392. The minimum atomic E-state index is -2.97. The van der Waals surface area contributed by atoms with Gasteiger partial charge in [-0.1, -0.05) is 0 Å². The van der Waals surface area contributed by atoms with E-state index >= 15 is 0 Å². The molecule has 0 amide bonds. The Morgan fingerprint density at radius 3 is 2.71 bits per heavy atom. The van der Waals surface area contributed by atoms with Crippen molar-refractivity contribution in [3.05, 3.63) is 0 Å². The Kier molecular flexibility index (Phi) is 6.40. The van der Waals surface area contributed by atoms with E-state index in [0.29, 0.717) is 13.2 Å². The van der Waals surface area contributed by atoms with Gasteiger partial charge in [-0.3, -0.25) is 0 Å². The van der Waals surface area contributed by atoms with Crippen molar-refractivity contribution in [2.45, 2.75) is 18.9 Å². The molecule has 0 aliphatic carbocycles. The molecule has 1 fully saturated rings. The number of rotatable bonds is 8. The zero-order valence-electron chi connectivity index (χ0n) is 10.8. The zero-order valence-corrected chi connectivity index (χ0v) is 11.6. The van der Waals surface area contributed by atoms with Gasteiger partial charge in [-0.25, -0.2) is 8.42 Å². The first-order chi connectivity index (χ1) is 7.99. The van der Waals surface area contributed by atoms with E-state index in [1.807, 2.05) is 14.1 Å². The average molecular weight is 264 g/mol.